The molecule has 3 rings (SSSR count). The molecule has 1 aliphatic heterocycles. The van der Waals surface area contributed by atoms with Crippen molar-refractivity contribution in [2.75, 3.05) is 6.54 Å². The Morgan fingerprint density at radius 3 is 2.62 bits per heavy atom. The molecule has 16 heavy (non-hydrogen) atoms. The highest BCUT2D eigenvalue weighted by atomic mass is 16.1. The first kappa shape index (κ1) is 10.0. The summed E-state index contributed by atoms with van der Waals surface area (Å²) in [6.07, 6.45) is 3.43. The van der Waals surface area contributed by atoms with Crippen LogP contribution in [0.2, 0.25) is 0 Å². The van der Waals surface area contributed by atoms with Crippen molar-refractivity contribution in [2.24, 2.45) is 5.92 Å². The number of benzene rings is 1. The van der Waals surface area contributed by atoms with Crippen LogP contribution in [0.3, 0.4) is 0 Å². The van der Waals surface area contributed by atoms with Crippen LogP contribution in [0.5, 0.6) is 0 Å². The number of nitrogens with zero attached hydrogens (tertiary/aromatic N) is 1. The van der Waals surface area contributed by atoms with Crippen molar-refractivity contribution < 1.29 is 4.79 Å². The molecule has 1 atom stereocenters. The second-order valence-corrected chi connectivity index (χ2v) is 5.04. The number of likely N-dealkylation sites (tertiary alicyclic amines) is 1. The molecule has 2 nitrogen and oxygen atoms in total. The minimum atomic E-state index is 0.424. The Kier molecular flexibility index (Phi) is 2.52. The zero-order valence-corrected chi connectivity index (χ0v) is 9.43. The van der Waals surface area contributed by atoms with Gasteiger partial charge in [0.1, 0.15) is 5.78 Å². The normalized spacial score (nSPS) is 26.2. The van der Waals surface area contributed by atoms with Crippen molar-refractivity contribution >= 4 is 5.78 Å². The number of rotatable bonds is 3. The summed E-state index contributed by atoms with van der Waals surface area (Å²) in [7, 11) is 0. The molecule has 1 aromatic carbocycles. The maximum absolute atomic E-state index is 11.5. The van der Waals surface area contributed by atoms with Crippen molar-refractivity contribution in [3.63, 3.8) is 0 Å². The summed E-state index contributed by atoms with van der Waals surface area (Å²) in [5.41, 5.74) is 1.32. The molecular formula is C14H17NO. The predicted octanol–water partition coefficient (Wildman–Crippen LogP) is 2.24. The van der Waals surface area contributed by atoms with E-state index in [1.165, 1.54) is 18.4 Å². The van der Waals surface area contributed by atoms with E-state index in [4.69, 9.17) is 0 Å². The van der Waals surface area contributed by atoms with Gasteiger partial charge in [-0.05, 0) is 24.3 Å². The van der Waals surface area contributed by atoms with Gasteiger partial charge < -0.3 is 0 Å². The molecule has 0 radical (unpaired) electrons. The fourth-order valence-corrected chi connectivity index (χ4v) is 2.71. The summed E-state index contributed by atoms with van der Waals surface area (Å²) in [5, 5.41) is 0. The van der Waals surface area contributed by atoms with E-state index in [1.807, 2.05) is 6.07 Å². The van der Waals surface area contributed by atoms with E-state index < -0.39 is 0 Å². The molecule has 2 aliphatic rings. The van der Waals surface area contributed by atoms with Crippen molar-refractivity contribution in [1.29, 1.82) is 0 Å². The molecule has 1 saturated carbocycles. The van der Waals surface area contributed by atoms with Gasteiger partial charge in [-0.1, -0.05) is 30.3 Å². The molecule has 0 N–H and O–H groups in total. The first-order chi connectivity index (χ1) is 7.83. The maximum atomic E-state index is 11.5. The Morgan fingerprint density at radius 1 is 1.19 bits per heavy atom. The summed E-state index contributed by atoms with van der Waals surface area (Å²) >= 11 is 0. The minimum Gasteiger partial charge on any atom is -0.298 e. The summed E-state index contributed by atoms with van der Waals surface area (Å²) < 4.78 is 0. The molecule has 0 bridgehead atoms. The number of carbonyl (C=O) groups is 1. The first-order valence-corrected chi connectivity index (χ1v) is 6.12. The van der Waals surface area contributed by atoms with Crippen LogP contribution in [0.25, 0.3) is 0 Å². The Hall–Kier alpha value is -1.15. The fraction of sp³-hybridized carbons (Fsp3) is 0.500. The Labute approximate surface area is 96.3 Å². The van der Waals surface area contributed by atoms with Crippen LogP contribution in [0.1, 0.15) is 24.8 Å². The third-order valence-electron chi connectivity index (χ3n) is 3.68. The summed E-state index contributed by atoms with van der Waals surface area (Å²) in [6, 6.07) is 11.0. The van der Waals surface area contributed by atoms with Crippen molar-refractivity contribution in [3.8, 4) is 0 Å². The second kappa shape index (κ2) is 4.02. The van der Waals surface area contributed by atoms with Crippen LogP contribution in [0.15, 0.2) is 30.3 Å². The molecule has 84 valence electrons. The number of carbonyl (C=O) groups excluding carboxylic acids is 1. The standard InChI is InChI=1S/C14H17NO/c16-13-8-14(12-6-7-12)15(10-13)9-11-4-2-1-3-5-11/h1-5,12,14H,6-10H2/t14-/m0/s1. The molecule has 2 fully saturated rings. The van der Waals surface area contributed by atoms with Crippen LogP contribution in [0.4, 0.5) is 0 Å². The van der Waals surface area contributed by atoms with Gasteiger partial charge in [-0.15, -0.1) is 0 Å². The van der Waals surface area contributed by atoms with E-state index in [9.17, 15) is 4.79 Å². The third kappa shape index (κ3) is 2.03. The molecule has 0 aromatic heterocycles. The zero-order valence-electron chi connectivity index (χ0n) is 9.43. The van der Waals surface area contributed by atoms with E-state index in [1.54, 1.807) is 0 Å². The number of hydrogen-bond acceptors (Lipinski definition) is 2. The van der Waals surface area contributed by atoms with Crippen LogP contribution < -0.4 is 0 Å². The van der Waals surface area contributed by atoms with Gasteiger partial charge in [0.2, 0.25) is 0 Å². The molecule has 1 saturated heterocycles. The zero-order chi connectivity index (χ0) is 11.0. The monoisotopic (exact) mass is 215 g/mol. The van der Waals surface area contributed by atoms with Crippen LogP contribution in [0, 0.1) is 5.92 Å². The van der Waals surface area contributed by atoms with E-state index in [0.717, 1.165) is 18.9 Å². The number of ketones is 1. The van der Waals surface area contributed by atoms with Gasteiger partial charge >= 0.3 is 0 Å². The SMILES string of the molecule is O=C1C[C@@H](C2CC2)N(Cc2ccccc2)C1. The highest BCUT2D eigenvalue weighted by molar-refractivity contribution is 5.83. The largest absolute Gasteiger partial charge is 0.298 e. The summed E-state index contributed by atoms with van der Waals surface area (Å²) in [4.78, 5) is 13.9. The maximum Gasteiger partial charge on any atom is 0.148 e. The van der Waals surface area contributed by atoms with Gasteiger partial charge in [-0.25, -0.2) is 0 Å². The second-order valence-electron chi connectivity index (χ2n) is 5.04. The Morgan fingerprint density at radius 2 is 1.94 bits per heavy atom. The van der Waals surface area contributed by atoms with Crippen LogP contribution in [-0.2, 0) is 11.3 Å². The first-order valence-electron chi connectivity index (χ1n) is 6.12. The molecule has 1 aromatic rings. The van der Waals surface area contributed by atoms with Crippen molar-refractivity contribution in [2.45, 2.75) is 31.8 Å². The van der Waals surface area contributed by atoms with E-state index >= 15 is 0 Å². The molecule has 0 unspecified atom stereocenters. The van der Waals surface area contributed by atoms with Gasteiger partial charge in [0.25, 0.3) is 0 Å². The quantitative estimate of drug-likeness (QED) is 0.770. The molecule has 0 amide bonds. The number of Topliss-reactive ketones (excluding diaryl/α,β-unsaturated/α-hetero) is 1. The topological polar surface area (TPSA) is 20.3 Å². The molecule has 1 aliphatic carbocycles. The van der Waals surface area contributed by atoms with Gasteiger partial charge in [0.05, 0.1) is 6.54 Å². The van der Waals surface area contributed by atoms with Crippen LogP contribution >= 0.6 is 0 Å². The average Bonchev–Trinajstić information content (AvgIpc) is 3.06. The smallest absolute Gasteiger partial charge is 0.148 e. The van der Waals surface area contributed by atoms with Gasteiger partial charge in [0.15, 0.2) is 0 Å². The van der Waals surface area contributed by atoms with Crippen LogP contribution in [-0.4, -0.2) is 23.3 Å². The molecule has 0 spiro atoms. The molecule has 2 heteroatoms. The third-order valence-corrected chi connectivity index (χ3v) is 3.68. The van der Waals surface area contributed by atoms with E-state index in [2.05, 4.69) is 29.2 Å². The van der Waals surface area contributed by atoms with Gasteiger partial charge in [-0.2, -0.15) is 0 Å². The van der Waals surface area contributed by atoms with Crippen molar-refractivity contribution in [1.82, 2.24) is 4.90 Å². The Bertz CT molecular complexity index is 383. The fourth-order valence-electron chi connectivity index (χ4n) is 2.71. The lowest BCUT2D eigenvalue weighted by Gasteiger charge is -2.23. The lowest BCUT2D eigenvalue weighted by Crippen LogP contribution is -2.30. The van der Waals surface area contributed by atoms with E-state index in [-0.39, 0.29) is 0 Å². The number of hydrogen-bond donors (Lipinski definition) is 0. The Balaban J connectivity index is 1.71. The molecule has 1 heterocycles. The lowest BCUT2D eigenvalue weighted by atomic mass is 10.1. The average molecular weight is 215 g/mol. The van der Waals surface area contributed by atoms with Crippen molar-refractivity contribution in [3.05, 3.63) is 35.9 Å². The summed E-state index contributed by atoms with van der Waals surface area (Å²) in [5.74, 6) is 1.22. The minimum absolute atomic E-state index is 0.424. The van der Waals surface area contributed by atoms with Gasteiger partial charge in [-0.3, -0.25) is 9.69 Å². The lowest BCUT2D eigenvalue weighted by molar-refractivity contribution is -0.117. The highest BCUT2D eigenvalue weighted by Gasteiger charge is 2.40. The van der Waals surface area contributed by atoms with E-state index in [0.29, 0.717) is 18.4 Å². The summed E-state index contributed by atoms with van der Waals surface area (Å²) in [6.45, 7) is 1.60. The molecular weight excluding hydrogens is 198 g/mol. The highest BCUT2D eigenvalue weighted by Crippen LogP contribution is 2.39. The van der Waals surface area contributed by atoms with Gasteiger partial charge in [0, 0.05) is 19.0 Å². The predicted molar refractivity (Wildman–Crippen MR) is 63.0 cm³/mol.